The Bertz CT molecular complexity index is 898. The van der Waals surface area contributed by atoms with Gasteiger partial charge in [-0.1, -0.05) is 24.3 Å². The van der Waals surface area contributed by atoms with Crippen LogP contribution in [0.25, 0.3) is 11.8 Å². The van der Waals surface area contributed by atoms with Crippen LogP contribution in [0.3, 0.4) is 0 Å². The molecule has 0 aliphatic rings. The molecule has 0 aliphatic carbocycles. The molecule has 144 valence electrons. The van der Waals surface area contributed by atoms with Gasteiger partial charge in [-0.15, -0.1) is 0 Å². The van der Waals surface area contributed by atoms with Gasteiger partial charge in [-0.25, -0.2) is 0 Å². The molecule has 27 heavy (non-hydrogen) atoms. The van der Waals surface area contributed by atoms with Crippen molar-refractivity contribution in [1.29, 1.82) is 0 Å². The first kappa shape index (κ1) is 20.5. The van der Waals surface area contributed by atoms with Crippen molar-refractivity contribution in [2.45, 2.75) is 25.9 Å². The van der Waals surface area contributed by atoms with Gasteiger partial charge in [0.15, 0.2) is 0 Å². The number of nitrogens with two attached hydrogens (primary N) is 1. The third kappa shape index (κ3) is 5.59. The lowest BCUT2D eigenvalue weighted by molar-refractivity contribution is -0.137. The van der Waals surface area contributed by atoms with E-state index < -0.39 is 11.7 Å². The zero-order chi connectivity index (χ0) is 20.0. The number of nitrogens with one attached hydrogen (secondary N) is 2. The van der Waals surface area contributed by atoms with Gasteiger partial charge >= 0.3 is 6.18 Å². The molecular weight excluding hydrogens is 355 g/mol. The Morgan fingerprint density at radius 1 is 1.33 bits per heavy atom. The summed E-state index contributed by atoms with van der Waals surface area (Å²) in [5.74, 6) is 0. The van der Waals surface area contributed by atoms with Gasteiger partial charge in [0.25, 0.3) is 5.56 Å². The second kappa shape index (κ2) is 8.73. The van der Waals surface area contributed by atoms with E-state index in [1.165, 1.54) is 18.3 Å². The Kier molecular flexibility index (Phi) is 6.63. The van der Waals surface area contributed by atoms with Crippen molar-refractivity contribution in [3.8, 4) is 0 Å². The first-order chi connectivity index (χ1) is 12.7. The summed E-state index contributed by atoms with van der Waals surface area (Å²) < 4.78 is 38.6. The van der Waals surface area contributed by atoms with Crippen molar-refractivity contribution in [3.63, 3.8) is 0 Å². The second-order valence-corrected chi connectivity index (χ2v) is 6.20. The van der Waals surface area contributed by atoms with E-state index in [0.717, 1.165) is 30.5 Å². The van der Waals surface area contributed by atoms with E-state index >= 15 is 0 Å². The number of hydrogen-bond acceptors (Lipinski definition) is 3. The molecule has 7 heteroatoms. The van der Waals surface area contributed by atoms with Crippen molar-refractivity contribution in [2.24, 2.45) is 5.73 Å². The van der Waals surface area contributed by atoms with E-state index in [2.05, 4.69) is 16.9 Å². The number of aromatic amines is 1. The molecule has 4 N–H and O–H groups in total. The van der Waals surface area contributed by atoms with Crippen LogP contribution in [0.4, 0.5) is 18.9 Å². The fourth-order valence-corrected chi connectivity index (χ4v) is 2.65. The van der Waals surface area contributed by atoms with Gasteiger partial charge in [-0.2, -0.15) is 13.2 Å². The summed E-state index contributed by atoms with van der Waals surface area (Å²) in [5.41, 5.74) is 6.74. The van der Waals surface area contributed by atoms with Crippen LogP contribution in [-0.4, -0.2) is 11.5 Å². The molecule has 2 aromatic rings. The van der Waals surface area contributed by atoms with E-state index in [1.54, 1.807) is 6.07 Å². The van der Waals surface area contributed by atoms with Gasteiger partial charge in [0, 0.05) is 17.6 Å². The number of pyridine rings is 1. The smallest absolute Gasteiger partial charge is 0.355 e. The number of benzene rings is 1. The maximum Gasteiger partial charge on any atom is 0.416 e. The van der Waals surface area contributed by atoms with Crippen LogP contribution < -0.4 is 16.6 Å². The number of rotatable bonds is 7. The lowest BCUT2D eigenvalue weighted by Crippen LogP contribution is -2.16. The molecule has 0 saturated heterocycles. The second-order valence-electron chi connectivity index (χ2n) is 6.20. The highest BCUT2D eigenvalue weighted by atomic mass is 19.4. The van der Waals surface area contributed by atoms with Gasteiger partial charge in [-0.05, 0) is 56.1 Å². The third-order valence-electron chi connectivity index (χ3n) is 3.96. The molecule has 0 saturated carbocycles. The monoisotopic (exact) mass is 377 g/mol. The molecule has 0 bridgehead atoms. The molecule has 0 atom stereocenters. The van der Waals surface area contributed by atoms with E-state index in [4.69, 9.17) is 5.73 Å². The van der Waals surface area contributed by atoms with Gasteiger partial charge in [0.05, 0.1) is 11.1 Å². The molecule has 2 rings (SSSR count). The Hall–Kier alpha value is -2.80. The lowest BCUT2D eigenvalue weighted by Gasteiger charge is -2.14. The van der Waals surface area contributed by atoms with Crippen molar-refractivity contribution in [3.05, 3.63) is 75.7 Å². The van der Waals surface area contributed by atoms with Crippen LogP contribution in [0.15, 0.2) is 53.5 Å². The summed E-state index contributed by atoms with van der Waals surface area (Å²) in [4.78, 5) is 14.9. The maximum absolute atomic E-state index is 12.9. The molecule has 0 spiro atoms. The predicted molar refractivity (Wildman–Crippen MR) is 103 cm³/mol. The molecule has 0 amide bonds. The highest BCUT2D eigenvalue weighted by molar-refractivity contribution is 5.80. The van der Waals surface area contributed by atoms with Crippen LogP contribution >= 0.6 is 0 Å². The number of alkyl halides is 3. The molecule has 0 fully saturated rings. The van der Waals surface area contributed by atoms with E-state index in [0.29, 0.717) is 12.1 Å². The molecule has 1 heterocycles. The normalized spacial score (nSPS) is 12.1. The minimum Gasteiger partial charge on any atom is -0.355 e. The number of halogens is 3. The van der Waals surface area contributed by atoms with Crippen LogP contribution in [0, 0.1) is 0 Å². The highest BCUT2D eigenvalue weighted by Crippen LogP contribution is 2.31. The van der Waals surface area contributed by atoms with Crippen molar-refractivity contribution in [2.75, 3.05) is 11.9 Å². The standard InChI is InChI=1S/C20H22F3N3O/c1-13(5-4-9-24)11-15-8-10-25-19(27)18(15)14(2)26-17-7-3-6-16(12-17)20(21,22)23/h3,6-8,10-12,26H,2,4-5,9,24H2,1H3,(H,25,27)/b13-11+. The van der Waals surface area contributed by atoms with E-state index in [-0.39, 0.29) is 22.5 Å². The molecule has 0 aliphatic heterocycles. The van der Waals surface area contributed by atoms with Gasteiger partial charge < -0.3 is 16.0 Å². The summed E-state index contributed by atoms with van der Waals surface area (Å²) in [6.07, 6.45) is 0.544. The largest absolute Gasteiger partial charge is 0.416 e. The van der Waals surface area contributed by atoms with Gasteiger partial charge in [-0.3, -0.25) is 4.79 Å². The Labute approximate surface area is 155 Å². The number of anilines is 1. The molecule has 1 aromatic heterocycles. The van der Waals surface area contributed by atoms with Crippen LogP contribution in [-0.2, 0) is 6.18 Å². The van der Waals surface area contributed by atoms with Crippen LogP contribution in [0.2, 0.25) is 0 Å². The minimum absolute atomic E-state index is 0.202. The molecule has 4 nitrogen and oxygen atoms in total. The summed E-state index contributed by atoms with van der Waals surface area (Å²) >= 11 is 0. The fraction of sp³-hybridized carbons (Fsp3) is 0.250. The van der Waals surface area contributed by atoms with Gasteiger partial charge in [0.2, 0.25) is 0 Å². The number of hydrogen-bond donors (Lipinski definition) is 3. The zero-order valence-corrected chi connectivity index (χ0v) is 15.0. The topological polar surface area (TPSA) is 70.9 Å². The predicted octanol–water partition coefficient (Wildman–Crippen LogP) is 4.62. The van der Waals surface area contributed by atoms with Crippen molar-refractivity contribution in [1.82, 2.24) is 4.98 Å². The van der Waals surface area contributed by atoms with Crippen molar-refractivity contribution < 1.29 is 13.2 Å². The molecule has 1 aromatic carbocycles. The maximum atomic E-state index is 12.9. The molecule has 0 unspecified atom stereocenters. The highest BCUT2D eigenvalue weighted by Gasteiger charge is 2.30. The number of H-pyrrole nitrogens is 1. The van der Waals surface area contributed by atoms with Crippen LogP contribution in [0.5, 0.6) is 0 Å². The fourth-order valence-electron chi connectivity index (χ4n) is 2.65. The van der Waals surface area contributed by atoms with Crippen LogP contribution in [0.1, 0.15) is 36.5 Å². The average Bonchev–Trinajstić information content (AvgIpc) is 2.59. The van der Waals surface area contributed by atoms with Crippen molar-refractivity contribution >= 4 is 17.5 Å². The van der Waals surface area contributed by atoms with E-state index in [1.807, 2.05) is 13.0 Å². The Morgan fingerprint density at radius 2 is 2.07 bits per heavy atom. The quantitative estimate of drug-likeness (QED) is 0.659. The third-order valence-corrected chi connectivity index (χ3v) is 3.96. The first-order valence-corrected chi connectivity index (χ1v) is 8.45. The average molecular weight is 377 g/mol. The summed E-state index contributed by atoms with van der Waals surface area (Å²) in [6, 6.07) is 6.47. The summed E-state index contributed by atoms with van der Waals surface area (Å²) in [5, 5.41) is 2.80. The molecular formula is C20H22F3N3O. The Balaban J connectivity index is 2.33. The van der Waals surface area contributed by atoms with Gasteiger partial charge in [0.1, 0.15) is 0 Å². The first-order valence-electron chi connectivity index (χ1n) is 8.45. The number of aromatic nitrogens is 1. The zero-order valence-electron chi connectivity index (χ0n) is 15.0. The van der Waals surface area contributed by atoms with E-state index in [9.17, 15) is 18.0 Å². The molecule has 0 radical (unpaired) electrons. The lowest BCUT2D eigenvalue weighted by atomic mass is 10.0. The number of allylic oxidation sites excluding steroid dienone is 1. The Morgan fingerprint density at radius 3 is 2.74 bits per heavy atom. The summed E-state index contributed by atoms with van der Waals surface area (Å²) in [7, 11) is 0. The SMILES string of the molecule is C=C(Nc1cccc(C(F)(F)F)c1)c1c(/C=C(\C)CCCN)cc[nH]c1=O. The summed E-state index contributed by atoms with van der Waals surface area (Å²) in [6.45, 7) is 6.34. The minimum atomic E-state index is -4.45.